The highest BCUT2D eigenvalue weighted by Crippen LogP contribution is 1.96. The van der Waals surface area contributed by atoms with E-state index in [2.05, 4.69) is 6.92 Å². The predicted molar refractivity (Wildman–Crippen MR) is 83.5 cm³/mol. The summed E-state index contributed by atoms with van der Waals surface area (Å²) in [6.07, 6.45) is 1.41. The van der Waals surface area contributed by atoms with Crippen molar-refractivity contribution in [2.45, 2.75) is 19.8 Å². The molecule has 0 rings (SSSR count). The minimum absolute atomic E-state index is 0.121. The normalized spacial score (nSPS) is 9.83. The summed E-state index contributed by atoms with van der Waals surface area (Å²) in [4.78, 5) is 3.71. The third kappa shape index (κ3) is 7.23. The number of rotatable bonds is 8. The van der Waals surface area contributed by atoms with E-state index in [9.17, 15) is 0 Å². The quantitative estimate of drug-likeness (QED) is 0.279. The Labute approximate surface area is 119 Å². The van der Waals surface area contributed by atoms with Crippen molar-refractivity contribution < 1.29 is 0 Å². The first-order valence-corrected chi connectivity index (χ1v) is 6.61. The van der Waals surface area contributed by atoms with Crippen LogP contribution >= 0.6 is 24.4 Å². The highest BCUT2D eigenvalue weighted by Gasteiger charge is 2.10. The molecule has 7 N–H and O–H groups in total. The van der Waals surface area contributed by atoms with Gasteiger partial charge in [0.1, 0.15) is 0 Å². The Morgan fingerprint density at radius 1 is 0.944 bits per heavy atom. The lowest BCUT2D eigenvalue weighted by atomic mass is 10.3. The van der Waals surface area contributed by atoms with E-state index in [1.165, 1.54) is 0 Å². The van der Waals surface area contributed by atoms with Crippen LogP contribution < -0.4 is 17.2 Å². The molecular formula is C10H22N6S2. The second-order valence-electron chi connectivity index (χ2n) is 3.93. The van der Waals surface area contributed by atoms with Gasteiger partial charge in [-0.3, -0.25) is 5.41 Å². The van der Waals surface area contributed by atoms with Gasteiger partial charge >= 0.3 is 0 Å². The minimum Gasteiger partial charge on any atom is -0.388 e. The van der Waals surface area contributed by atoms with Crippen molar-refractivity contribution in [2.75, 3.05) is 26.2 Å². The maximum atomic E-state index is 7.20. The minimum atomic E-state index is 0.121. The second-order valence-corrected chi connectivity index (χ2v) is 4.76. The Bertz CT molecular complexity index is 307. The lowest BCUT2D eigenvalue weighted by Gasteiger charge is -2.28. The van der Waals surface area contributed by atoms with Crippen molar-refractivity contribution in [3.05, 3.63) is 0 Å². The summed E-state index contributed by atoms with van der Waals surface area (Å²) in [6, 6.07) is 0. The zero-order valence-corrected chi connectivity index (χ0v) is 12.3. The molecule has 0 saturated heterocycles. The molecule has 0 saturated carbocycles. The molecule has 0 unspecified atom stereocenters. The summed E-state index contributed by atoms with van der Waals surface area (Å²) in [5.41, 5.74) is 16.6. The van der Waals surface area contributed by atoms with Gasteiger partial charge in [-0.2, -0.15) is 0 Å². The molecule has 0 atom stereocenters. The van der Waals surface area contributed by atoms with Gasteiger partial charge in [-0.25, -0.2) is 0 Å². The van der Waals surface area contributed by atoms with Crippen LogP contribution in [0.1, 0.15) is 19.8 Å². The predicted octanol–water partition coefficient (Wildman–Crippen LogP) is -0.186. The van der Waals surface area contributed by atoms with Crippen molar-refractivity contribution in [3.8, 4) is 0 Å². The summed E-state index contributed by atoms with van der Waals surface area (Å²) in [6.45, 7) is 4.71. The van der Waals surface area contributed by atoms with Crippen molar-refractivity contribution in [1.82, 2.24) is 9.80 Å². The molecule has 0 aromatic rings. The van der Waals surface area contributed by atoms with Crippen LogP contribution in [0.4, 0.5) is 0 Å². The maximum Gasteiger partial charge on any atom is 0.166 e. The standard InChI is InChI=1S/C10H22N6S2/c1-2-4-15(9(13)17)6-7-16(10(14)18)5-3-8(11)12/h2-7H2,1H3,(H3,11,12)(H2,13,17)(H2,14,18). The molecule has 0 fully saturated rings. The molecule has 104 valence electrons. The molecule has 0 amide bonds. The summed E-state index contributed by atoms with van der Waals surface area (Å²) in [5, 5.41) is 7.88. The van der Waals surface area contributed by atoms with Crippen LogP contribution in [-0.4, -0.2) is 52.0 Å². The summed E-state index contributed by atoms with van der Waals surface area (Å²) in [5.74, 6) is 0.121. The Morgan fingerprint density at radius 3 is 1.72 bits per heavy atom. The molecular weight excluding hydrogens is 268 g/mol. The van der Waals surface area contributed by atoms with Crippen LogP contribution in [0.5, 0.6) is 0 Å². The number of hydrogen-bond donors (Lipinski definition) is 4. The monoisotopic (exact) mass is 290 g/mol. The van der Waals surface area contributed by atoms with Gasteiger partial charge in [-0.15, -0.1) is 0 Å². The lowest BCUT2D eigenvalue weighted by Crippen LogP contribution is -2.45. The molecule has 0 bridgehead atoms. The number of amidine groups is 1. The number of nitrogens with zero attached hydrogens (tertiary/aromatic N) is 2. The zero-order chi connectivity index (χ0) is 14.1. The van der Waals surface area contributed by atoms with Gasteiger partial charge in [0.25, 0.3) is 0 Å². The summed E-state index contributed by atoms with van der Waals surface area (Å²) >= 11 is 9.93. The number of thiocarbonyl (C=S) groups is 2. The van der Waals surface area contributed by atoms with E-state index >= 15 is 0 Å². The smallest absolute Gasteiger partial charge is 0.166 e. The Hall–Kier alpha value is -1.15. The van der Waals surface area contributed by atoms with Crippen molar-refractivity contribution in [1.29, 1.82) is 5.41 Å². The fourth-order valence-electron chi connectivity index (χ4n) is 1.43. The molecule has 0 aliphatic carbocycles. The van der Waals surface area contributed by atoms with Crippen LogP contribution in [0.15, 0.2) is 0 Å². The van der Waals surface area contributed by atoms with Gasteiger partial charge in [0.2, 0.25) is 0 Å². The first kappa shape index (κ1) is 16.9. The highest BCUT2D eigenvalue weighted by molar-refractivity contribution is 7.80. The highest BCUT2D eigenvalue weighted by atomic mass is 32.1. The van der Waals surface area contributed by atoms with E-state index in [4.69, 9.17) is 47.0 Å². The molecule has 0 aromatic carbocycles. The molecule has 0 radical (unpaired) electrons. The molecule has 0 spiro atoms. The van der Waals surface area contributed by atoms with Crippen molar-refractivity contribution in [3.63, 3.8) is 0 Å². The molecule has 6 nitrogen and oxygen atoms in total. The zero-order valence-electron chi connectivity index (χ0n) is 10.7. The molecule has 18 heavy (non-hydrogen) atoms. The van der Waals surface area contributed by atoms with E-state index in [1.807, 2.05) is 4.90 Å². The van der Waals surface area contributed by atoms with E-state index < -0.39 is 0 Å². The summed E-state index contributed by atoms with van der Waals surface area (Å²) in [7, 11) is 0. The van der Waals surface area contributed by atoms with Crippen LogP contribution in [0.25, 0.3) is 0 Å². The fourth-order valence-corrected chi connectivity index (χ4v) is 1.80. The number of nitrogens with one attached hydrogen (secondary N) is 1. The lowest BCUT2D eigenvalue weighted by molar-refractivity contribution is 0.344. The van der Waals surface area contributed by atoms with Crippen molar-refractivity contribution >= 4 is 40.5 Å². The molecule has 0 heterocycles. The largest absolute Gasteiger partial charge is 0.388 e. The van der Waals surface area contributed by atoms with Crippen LogP contribution in [0, 0.1) is 5.41 Å². The van der Waals surface area contributed by atoms with Gasteiger partial charge < -0.3 is 27.0 Å². The Balaban J connectivity index is 4.27. The van der Waals surface area contributed by atoms with E-state index in [0.29, 0.717) is 36.3 Å². The van der Waals surface area contributed by atoms with Gasteiger partial charge in [0, 0.05) is 32.6 Å². The summed E-state index contributed by atoms with van der Waals surface area (Å²) < 4.78 is 0. The molecule has 0 aliphatic heterocycles. The molecule has 0 aliphatic rings. The maximum absolute atomic E-state index is 7.20. The SMILES string of the molecule is CCCN(CCN(CCC(=N)N)C(N)=S)C(N)=S. The number of hydrogen-bond acceptors (Lipinski definition) is 3. The third-order valence-electron chi connectivity index (χ3n) is 2.41. The Kier molecular flexibility index (Phi) is 8.30. The van der Waals surface area contributed by atoms with Gasteiger partial charge in [0.15, 0.2) is 10.2 Å². The Morgan fingerprint density at radius 2 is 1.39 bits per heavy atom. The third-order valence-corrected chi connectivity index (χ3v) is 2.92. The van der Waals surface area contributed by atoms with Gasteiger partial charge in [-0.1, -0.05) is 6.92 Å². The fraction of sp³-hybridized carbons (Fsp3) is 0.700. The molecule has 0 aromatic heterocycles. The average Bonchev–Trinajstić information content (AvgIpc) is 2.26. The van der Waals surface area contributed by atoms with E-state index in [1.54, 1.807) is 4.90 Å². The van der Waals surface area contributed by atoms with Crippen LogP contribution in [0.2, 0.25) is 0 Å². The van der Waals surface area contributed by atoms with E-state index in [0.717, 1.165) is 13.0 Å². The van der Waals surface area contributed by atoms with Crippen LogP contribution in [0.3, 0.4) is 0 Å². The van der Waals surface area contributed by atoms with Gasteiger partial charge in [-0.05, 0) is 30.9 Å². The van der Waals surface area contributed by atoms with Crippen LogP contribution in [-0.2, 0) is 0 Å². The number of nitrogens with two attached hydrogens (primary N) is 3. The first-order valence-electron chi connectivity index (χ1n) is 5.80. The second kappa shape index (κ2) is 8.87. The van der Waals surface area contributed by atoms with E-state index in [-0.39, 0.29) is 5.84 Å². The topological polar surface area (TPSA) is 108 Å². The molecule has 8 heteroatoms. The first-order chi connectivity index (χ1) is 8.38. The van der Waals surface area contributed by atoms with Gasteiger partial charge in [0.05, 0.1) is 5.84 Å². The average molecular weight is 290 g/mol. The van der Waals surface area contributed by atoms with Crippen molar-refractivity contribution in [2.24, 2.45) is 17.2 Å².